The molecule has 3 N–H and O–H groups in total. The summed E-state index contributed by atoms with van der Waals surface area (Å²) in [5.74, 6) is -1.49. The van der Waals surface area contributed by atoms with E-state index in [0.717, 1.165) is 37.4 Å². The van der Waals surface area contributed by atoms with E-state index >= 15 is 0 Å². The van der Waals surface area contributed by atoms with Crippen LogP contribution >= 0.6 is 11.6 Å². The zero-order chi connectivity index (χ0) is 24.5. The number of aliphatic carboxylic acids is 1. The number of carboxylic acid groups (broad SMARTS) is 1. The molecule has 1 aliphatic carbocycles. The maximum Gasteiger partial charge on any atom is 0.341 e. The minimum Gasteiger partial charge on any atom is -0.482 e. The van der Waals surface area contributed by atoms with E-state index in [4.69, 9.17) is 26.2 Å². The highest BCUT2D eigenvalue weighted by atomic mass is 35.5. The molecule has 1 fully saturated rings. The Kier molecular flexibility index (Phi) is 9.35. The predicted octanol–water partition coefficient (Wildman–Crippen LogP) is 5.37. The molecule has 184 valence electrons. The lowest BCUT2D eigenvalue weighted by Gasteiger charge is -2.37. The number of nitrogens with one attached hydrogen (secondary N) is 2. The number of carbonyl (C=O) groups is 2. The zero-order valence-electron chi connectivity index (χ0n) is 19.0. The minimum absolute atomic E-state index is 0.0229. The second kappa shape index (κ2) is 12.4. The van der Waals surface area contributed by atoms with E-state index in [-0.39, 0.29) is 22.5 Å². The van der Waals surface area contributed by atoms with Crippen molar-refractivity contribution in [3.8, 4) is 5.75 Å². The molecular formula is C24H29ClFN3O5. The highest BCUT2D eigenvalue weighted by molar-refractivity contribution is 6.30. The third kappa shape index (κ3) is 7.23. The summed E-state index contributed by atoms with van der Waals surface area (Å²) in [6.45, 7) is 0.588. The minimum atomic E-state index is -1.11. The van der Waals surface area contributed by atoms with Crippen LogP contribution in [0.5, 0.6) is 5.75 Å². The average Bonchev–Trinajstić information content (AvgIpc) is 2.81. The summed E-state index contributed by atoms with van der Waals surface area (Å²) in [7, 11) is 1.63. The summed E-state index contributed by atoms with van der Waals surface area (Å²) >= 11 is 5.78. The van der Waals surface area contributed by atoms with Crippen LogP contribution in [-0.2, 0) is 9.53 Å². The molecule has 0 aliphatic heterocycles. The van der Waals surface area contributed by atoms with E-state index in [2.05, 4.69) is 15.5 Å². The first-order chi connectivity index (χ1) is 16.4. The van der Waals surface area contributed by atoms with Gasteiger partial charge >= 0.3 is 12.0 Å². The molecule has 34 heavy (non-hydrogen) atoms. The SMILES string of the molecule is COCCN(c1ccc(OCC(=O)O)cc1NC(=O)Nc1ccc(Cl)cc1F)C1CCCCC1. The van der Waals surface area contributed by atoms with Crippen LogP contribution in [0.3, 0.4) is 0 Å². The Morgan fingerprint density at radius 2 is 1.85 bits per heavy atom. The van der Waals surface area contributed by atoms with Gasteiger partial charge in [-0.2, -0.15) is 0 Å². The second-order valence-electron chi connectivity index (χ2n) is 8.04. The van der Waals surface area contributed by atoms with Gasteiger partial charge in [-0.3, -0.25) is 0 Å². The van der Waals surface area contributed by atoms with Gasteiger partial charge in [-0.25, -0.2) is 14.0 Å². The Morgan fingerprint density at radius 3 is 2.53 bits per heavy atom. The van der Waals surface area contributed by atoms with Crippen molar-refractivity contribution in [1.82, 2.24) is 0 Å². The lowest BCUT2D eigenvalue weighted by atomic mass is 9.93. The topological polar surface area (TPSA) is 100 Å². The number of anilines is 3. The van der Waals surface area contributed by atoms with Gasteiger partial charge in [-0.05, 0) is 43.2 Å². The van der Waals surface area contributed by atoms with Crippen molar-refractivity contribution < 1.29 is 28.6 Å². The molecule has 1 aliphatic rings. The number of nitrogens with zero attached hydrogens (tertiary/aromatic N) is 1. The van der Waals surface area contributed by atoms with E-state index in [0.29, 0.717) is 18.8 Å². The Balaban J connectivity index is 1.89. The number of urea groups is 1. The van der Waals surface area contributed by atoms with E-state index in [1.54, 1.807) is 25.3 Å². The van der Waals surface area contributed by atoms with Gasteiger partial charge in [0.15, 0.2) is 6.61 Å². The number of methoxy groups -OCH3 is 1. The number of ether oxygens (including phenoxy) is 2. The molecule has 2 aromatic rings. The lowest BCUT2D eigenvalue weighted by Crippen LogP contribution is -2.39. The Bertz CT molecular complexity index is 1000. The normalized spacial score (nSPS) is 13.9. The van der Waals surface area contributed by atoms with Crippen molar-refractivity contribution in [3.05, 3.63) is 47.2 Å². The van der Waals surface area contributed by atoms with Gasteiger partial charge in [-0.15, -0.1) is 0 Å². The van der Waals surface area contributed by atoms with Gasteiger partial charge in [-0.1, -0.05) is 30.9 Å². The van der Waals surface area contributed by atoms with Crippen LogP contribution in [0.2, 0.25) is 5.02 Å². The summed E-state index contributed by atoms with van der Waals surface area (Å²) in [4.78, 5) is 25.9. The third-order valence-corrected chi connectivity index (χ3v) is 5.85. The van der Waals surface area contributed by atoms with Crippen LogP contribution in [0.4, 0.5) is 26.2 Å². The van der Waals surface area contributed by atoms with Gasteiger partial charge in [0.25, 0.3) is 0 Å². The summed E-state index contributed by atoms with van der Waals surface area (Å²) in [5.41, 5.74) is 1.14. The number of hydrogen-bond donors (Lipinski definition) is 3. The Hall–Kier alpha value is -3.04. The summed E-state index contributed by atoms with van der Waals surface area (Å²) in [5, 5.41) is 14.4. The fourth-order valence-corrected chi connectivity index (χ4v) is 4.21. The number of benzene rings is 2. The van der Waals surface area contributed by atoms with Crippen LogP contribution in [0.15, 0.2) is 36.4 Å². The van der Waals surface area contributed by atoms with Crippen LogP contribution in [0.1, 0.15) is 32.1 Å². The molecule has 0 atom stereocenters. The van der Waals surface area contributed by atoms with Gasteiger partial charge in [0, 0.05) is 30.8 Å². The fraction of sp³-hybridized carbons (Fsp3) is 0.417. The van der Waals surface area contributed by atoms with Gasteiger partial charge in [0.1, 0.15) is 11.6 Å². The van der Waals surface area contributed by atoms with Crippen LogP contribution < -0.4 is 20.3 Å². The summed E-state index contributed by atoms with van der Waals surface area (Å²) in [6.07, 6.45) is 5.46. The Morgan fingerprint density at radius 1 is 1.12 bits per heavy atom. The van der Waals surface area contributed by atoms with Crippen molar-refractivity contribution in [1.29, 1.82) is 0 Å². The first kappa shape index (κ1) is 25.6. The van der Waals surface area contributed by atoms with E-state index in [1.165, 1.54) is 18.6 Å². The molecule has 0 bridgehead atoms. The van der Waals surface area contributed by atoms with Crippen LogP contribution in [0.25, 0.3) is 0 Å². The van der Waals surface area contributed by atoms with Crippen LogP contribution in [-0.4, -0.2) is 50.0 Å². The number of hydrogen-bond acceptors (Lipinski definition) is 5. The first-order valence-electron chi connectivity index (χ1n) is 11.1. The molecule has 8 nitrogen and oxygen atoms in total. The van der Waals surface area contributed by atoms with E-state index in [1.807, 2.05) is 0 Å². The molecule has 2 amide bonds. The molecule has 0 heterocycles. The molecule has 1 saturated carbocycles. The molecule has 0 aromatic heterocycles. The Labute approximate surface area is 203 Å². The van der Waals surface area contributed by atoms with Crippen molar-refractivity contribution in [2.45, 2.75) is 38.1 Å². The fourth-order valence-electron chi connectivity index (χ4n) is 4.05. The first-order valence-corrected chi connectivity index (χ1v) is 11.5. The highest BCUT2D eigenvalue weighted by Crippen LogP contribution is 2.35. The monoisotopic (exact) mass is 493 g/mol. The van der Waals surface area contributed by atoms with Gasteiger partial charge in [0.05, 0.1) is 23.7 Å². The highest BCUT2D eigenvalue weighted by Gasteiger charge is 2.24. The maximum absolute atomic E-state index is 14.2. The van der Waals surface area contributed by atoms with Crippen LogP contribution in [0, 0.1) is 5.82 Å². The number of carbonyl (C=O) groups excluding carboxylic acids is 1. The zero-order valence-corrected chi connectivity index (χ0v) is 19.7. The second-order valence-corrected chi connectivity index (χ2v) is 8.48. The number of amides is 2. The van der Waals surface area contributed by atoms with Gasteiger partial charge < -0.3 is 30.1 Å². The quantitative estimate of drug-likeness (QED) is 0.411. The number of halogens is 2. The van der Waals surface area contributed by atoms with E-state index in [9.17, 15) is 14.0 Å². The molecular weight excluding hydrogens is 465 g/mol. The number of rotatable bonds is 10. The molecule has 0 unspecified atom stereocenters. The number of carboxylic acids is 1. The molecule has 2 aromatic carbocycles. The standard InChI is InChI=1S/C24H29ClFN3O5/c1-33-12-11-29(17-5-3-2-4-6-17)22-10-8-18(34-15-23(30)31)14-21(22)28-24(32)27-20-9-7-16(25)13-19(20)26/h7-10,13-14,17H,2-6,11-12,15H2,1H3,(H,30,31)(H2,27,28,32). The van der Waals surface area contributed by atoms with Gasteiger partial charge in [0.2, 0.25) is 0 Å². The maximum atomic E-state index is 14.2. The molecule has 3 rings (SSSR count). The molecule has 0 spiro atoms. The van der Waals surface area contributed by atoms with E-state index < -0.39 is 24.4 Å². The molecule has 0 radical (unpaired) electrons. The molecule has 10 heteroatoms. The largest absolute Gasteiger partial charge is 0.482 e. The smallest absolute Gasteiger partial charge is 0.341 e. The summed E-state index contributed by atoms with van der Waals surface area (Å²) < 4.78 is 24.8. The van der Waals surface area contributed by atoms with Crippen molar-refractivity contribution in [2.24, 2.45) is 0 Å². The average molecular weight is 494 g/mol. The predicted molar refractivity (Wildman–Crippen MR) is 130 cm³/mol. The summed E-state index contributed by atoms with van der Waals surface area (Å²) in [6, 6.07) is 8.60. The van der Waals surface area contributed by atoms with Crippen molar-refractivity contribution >= 4 is 40.7 Å². The van der Waals surface area contributed by atoms with Crippen molar-refractivity contribution in [3.63, 3.8) is 0 Å². The molecule has 0 saturated heterocycles. The third-order valence-electron chi connectivity index (χ3n) is 5.62. The van der Waals surface area contributed by atoms with Crippen molar-refractivity contribution in [2.75, 3.05) is 42.4 Å². The lowest BCUT2D eigenvalue weighted by molar-refractivity contribution is -0.139.